The maximum Gasteiger partial charge on any atom is 0.133 e. The molecule has 0 atom stereocenters. The second-order valence-electron chi connectivity index (χ2n) is 3.74. The van der Waals surface area contributed by atoms with Crippen molar-refractivity contribution in [3.8, 4) is 0 Å². The lowest BCUT2D eigenvalue weighted by Crippen LogP contribution is -2.29. The van der Waals surface area contributed by atoms with Crippen molar-refractivity contribution in [1.82, 2.24) is 0 Å². The number of ketones is 1. The highest BCUT2D eigenvalue weighted by Gasteiger charge is 2.21. The molecule has 0 spiro atoms. The molecule has 0 radical (unpaired) electrons. The molecule has 0 unspecified atom stereocenters. The van der Waals surface area contributed by atoms with Crippen LogP contribution in [0.25, 0.3) is 0 Å². The van der Waals surface area contributed by atoms with Gasteiger partial charge in [0.05, 0.1) is 13.2 Å². The van der Waals surface area contributed by atoms with E-state index in [9.17, 15) is 4.79 Å². The summed E-state index contributed by atoms with van der Waals surface area (Å²) in [6.07, 6.45) is 1.47. The van der Waals surface area contributed by atoms with Crippen LogP contribution < -0.4 is 0 Å². The average molecular weight is 156 g/mol. The Morgan fingerprint density at radius 2 is 2.18 bits per heavy atom. The van der Waals surface area contributed by atoms with Crippen LogP contribution in [-0.4, -0.2) is 19.0 Å². The van der Waals surface area contributed by atoms with Gasteiger partial charge in [-0.05, 0) is 5.92 Å². The first kappa shape index (κ1) is 8.72. The molecule has 2 nitrogen and oxygen atoms in total. The molecule has 1 rings (SSSR count). The summed E-state index contributed by atoms with van der Waals surface area (Å²) in [5.41, 5.74) is 0. The van der Waals surface area contributed by atoms with Gasteiger partial charge in [-0.3, -0.25) is 4.79 Å². The highest BCUT2D eigenvalue weighted by Crippen LogP contribution is 2.16. The average Bonchev–Trinajstić information content (AvgIpc) is 1.77. The number of hydrogen-bond donors (Lipinski definition) is 0. The topological polar surface area (TPSA) is 26.3 Å². The SMILES string of the molecule is CC(C)CC(=O)CC1COC1. The van der Waals surface area contributed by atoms with Crippen LogP contribution in [-0.2, 0) is 9.53 Å². The van der Waals surface area contributed by atoms with Crippen molar-refractivity contribution in [3.63, 3.8) is 0 Å². The van der Waals surface area contributed by atoms with Crippen molar-refractivity contribution in [2.75, 3.05) is 13.2 Å². The zero-order chi connectivity index (χ0) is 8.27. The van der Waals surface area contributed by atoms with Crippen LogP contribution in [0.15, 0.2) is 0 Å². The first-order chi connectivity index (χ1) is 5.18. The Labute approximate surface area is 67.9 Å². The van der Waals surface area contributed by atoms with E-state index in [0.29, 0.717) is 17.6 Å². The van der Waals surface area contributed by atoms with Gasteiger partial charge in [-0.25, -0.2) is 0 Å². The zero-order valence-electron chi connectivity index (χ0n) is 7.30. The summed E-state index contributed by atoms with van der Waals surface area (Å²) in [7, 11) is 0. The van der Waals surface area contributed by atoms with Gasteiger partial charge in [0.15, 0.2) is 0 Å². The Hall–Kier alpha value is -0.370. The predicted octanol–water partition coefficient (Wildman–Crippen LogP) is 1.64. The molecule has 0 amide bonds. The first-order valence-corrected chi connectivity index (χ1v) is 4.28. The Bertz CT molecular complexity index is 136. The van der Waals surface area contributed by atoms with E-state index >= 15 is 0 Å². The Morgan fingerprint density at radius 3 is 2.55 bits per heavy atom. The van der Waals surface area contributed by atoms with Gasteiger partial charge in [-0.1, -0.05) is 13.8 Å². The lowest BCUT2D eigenvalue weighted by molar-refractivity contribution is -0.125. The van der Waals surface area contributed by atoms with Crippen LogP contribution >= 0.6 is 0 Å². The normalized spacial score (nSPS) is 18.5. The van der Waals surface area contributed by atoms with E-state index in [4.69, 9.17) is 4.74 Å². The molecule has 0 aliphatic carbocycles. The molecular formula is C9H16O2. The summed E-state index contributed by atoms with van der Waals surface area (Å²) >= 11 is 0. The van der Waals surface area contributed by atoms with E-state index in [0.717, 1.165) is 26.1 Å². The number of carbonyl (C=O) groups is 1. The summed E-state index contributed by atoms with van der Waals surface area (Å²) in [5.74, 6) is 1.43. The van der Waals surface area contributed by atoms with Crippen molar-refractivity contribution in [1.29, 1.82) is 0 Å². The third-order valence-corrected chi connectivity index (χ3v) is 1.86. The second-order valence-corrected chi connectivity index (χ2v) is 3.74. The highest BCUT2D eigenvalue weighted by molar-refractivity contribution is 5.78. The fraction of sp³-hybridized carbons (Fsp3) is 0.889. The lowest BCUT2D eigenvalue weighted by atomic mass is 9.96. The zero-order valence-corrected chi connectivity index (χ0v) is 7.30. The van der Waals surface area contributed by atoms with Gasteiger partial charge in [0, 0.05) is 18.8 Å². The molecule has 0 aromatic rings. The Kier molecular flexibility index (Phi) is 3.06. The number of Topliss-reactive ketones (excluding diaryl/α,β-unsaturated/α-hetero) is 1. The summed E-state index contributed by atoms with van der Waals surface area (Å²) in [6.45, 7) is 5.75. The Balaban J connectivity index is 2.09. The summed E-state index contributed by atoms with van der Waals surface area (Å²) in [5, 5.41) is 0. The van der Waals surface area contributed by atoms with Crippen LogP contribution in [0.1, 0.15) is 26.7 Å². The Morgan fingerprint density at radius 1 is 1.55 bits per heavy atom. The van der Waals surface area contributed by atoms with Crippen molar-refractivity contribution in [3.05, 3.63) is 0 Å². The van der Waals surface area contributed by atoms with Crippen molar-refractivity contribution in [2.24, 2.45) is 11.8 Å². The van der Waals surface area contributed by atoms with E-state index in [1.807, 2.05) is 0 Å². The van der Waals surface area contributed by atoms with Gasteiger partial charge in [-0.2, -0.15) is 0 Å². The van der Waals surface area contributed by atoms with Crippen LogP contribution in [0.5, 0.6) is 0 Å². The minimum Gasteiger partial charge on any atom is -0.381 e. The van der Waals surface area contributed by atoms with Gasteiger partial charge >= 0.3 is 0 Å². The monoisotopic (exact) mass is 156 g/mol. The van der Waals surface area contributed by atoms with Crippen LogP contribution in [0, 0.1) is 11.8 Å². The minimum absolute atomic E-state index is 0.397. The smallest absolute Gasteiger partial charge is 0.133 e. The second kappa shape index (κ2) is 3.86. The molecule has 11 heavy (non-hydrogen) atoms. The molecule has 64 valence electrons. The maximum atomic E-state index is 11.2. The molecule has 1 fully saturated rings. The molecule has 0 aromatic heterocycles. The van der Waals surface area contributed by atoms with Crippen molar-refractivity contribution >= 4 is 5.78 Å². The fourth-order valence-corrected chi connectivity index (χ4v) is 1.26. The van der Waals surface area contributed by atoms with Gasteiger partial charge in [0.2, 0.25) is 0 Å². The molecule has 1 heterocycles. The maximum absolute atomic E-state index is 11.2. The van der Waals surface area contributed by atoms with E-state index < -0.39 is 0 Å². The number of hydrogen-bond acceptors (Lipinski definition) is 2. The van der Waals surface area contributed by atoms with Crippen molar-refractivity contribution < 1.29 is 9.53 Å². The quantitative estimate of drug-likeness (QED) is 0.618. The van der Waals surface area contributed by atoms with Gasteiger partial charge < -0.3 is 4.74 Å². The largest absolute Gasteiger partial charge is 0.381 e. The number of carbonyl (C=O) groups excluding carboxylic acids is 1. The lowest BCUT2D eigenvalue weighted by Gasteiger charge is -2.25. The fourth-order valence-electron chi connectivity index (χ4n) is 1.26. The molecule has 1 aliphatic rings. The molecule has 0 saturated carbocycles. The minimum atomic E-state index is 0.397. The standard InChI is InChI=1S/C9H16O2/c1-7(2)3-9(10)4-8-5-11-6-8/h7-8H,3-6H2,1-2H3. The predicted molar refractivity (Wildman–Crippen MR) is 43.4 cm³/mol. The third kappa shape index (κ3) is 3.02. The van der Waals surface area contributed by atoms with Crippen LogP contribution in [0.4, 0.5) is 0 Å². The molecular weight excluding hydrogens is 140 g/mol. The van der Waals surface area contributed by atoms with Crippen LogP contribution in [0.3, 0.4) is 0 Å². The van der Waals surface area contributed by atoms with Gasteiger partial charge in [0.1, 0.15) is 5.78 Å². The van der Waals surface area contributed by atoms with E-state index in [2.05, 4.69) is 13.8 Å². The van der Waals surface area contributed by atoms with E-state index in [1.54, 1.807) is 0 Å². The van der Waals surface area contributed by atoms with Crippen LogP contribution in [0.2, 0.25) is 0 Å². The molecule has 1 aliphatic heterocycles. The summed E-state index contributed by atoms with van der Waals surface area (Å²) in [4.78, 5) is 11.2. The van der Waals surface area contributed by atoms with E-state index in [1.165, 1.54) is 0 Å². The molecule has 0 N–H and O–H groups in total. The first-order valence-electron chi connectivity index (χ1n) is 4.28. The van der Waals surface area contributed by atoms with Crippen molar-refractivity contribution in [2.45, 2.75) is 26.7 Å². The van der Waals surface area contributed by atoms with Gasteiger partial charge in [-0.15, -0.1) is 0 Å². The molecule has 1 saturated heterocycles. The van der Waals surface area contributed by atoms with Gasteiger partial charge in [0.25, 0.3) is 0 Å². The highest BCUT2D eigenvalue weighted by atomic mass is 16.5. The molecule has 0 bridgehead atoms. The summed E-state index contributed by atoms with van der Waals surface area (Å²) in [6, 6.07) is 0. The molecule has 2 heteroatoms. The third-order valence-electron chi connectivity index (χ3n) is 1.86. The number of ether oxygens (including phenoxy) is 1. The number of rotatable bonds is 4. The van der Waals surface area contributed by atoms with E-state index in [-0.39, 0.29) is 0 Å². The summed E-state index contributed by atoms with van der Waals surface area (Å²) < 4.78 is 4.99. The molecule has 0 aromatic carbocycles.